The Hall–Kier alpha value is -2.12. The molecule has 0 bridgehead atoms. The molecule has 8 nitrogen and oxygen atoms in total. The molecule has 0 N–H and O–H groups in total. The van der Waals surface area contributed by atoms with Crippen LogP contribution in [-0.2, 0) is 38.1 Å². The highest BCUT2D eigenvalue weighted by molar-refractivity contribution is 6.00. The van der Waals surface area contributed by atoms with Crippen molar-refractivity contribution in [1.29, 1.82) is 0 Å². The van der Waals surface area contributed by atoms with Gasteiger partial charge in [0.1, 0.15) is 0 Å². The van der Waals surface area contributed by atoms with Gasteiger partial charge in [0.15, 0.2) is 10.8 Å². The molecule has 0 radical (unpaired) electrons. The maximum absolute atomic E-state index is 13.0. The molecule has 1 fully saturated rings. The second kappa shape index (κ2) is 15.9. The number of carbonyl (C=O) groups is 4. The van der Waals surface area contributed by atoms with E-state index in [9.17, 15) is 19.2 Å². The summed E-state index contributed by atoms with van der Waals surface area (Å²) in [6.07, 6.45) is 6.04. The van der Waals surface area contributed by atoms with Gasteiger partial charge in [-0.05, 0) is 65.2 Å². The van der Waals surface area contributed by atoms with Gasteiger partial charge in [-0.25, -0.2) is 0 Å². The number of ether oxygens (including phenoxy) is 4. The van der Waals surface area contributed by atoms with Gasteiger partial charge in [0.05, 0.1) is 26.4 Å². The van der Waals surface area contributed by atoms with Crippen molar-refractivity contribution >= 4 is 23.9 Å². The molecule has 1 aliphatic carbocycles. The van der Waals surface area contributed by atoms with Crippen molar-refractivity contribution in [3.63, 3.8) is 0 Å². The maximum Gasteiger partial charge on any atom is 0.323 e. The molecule has 0 saturated heterocycles. The molecule has 0 aliphatic heterocycles. The lowest BCUT2D eigenvalue weighted by Crippen LogP contribution is -2.45. The fourth-order valence-corrected chi connectivity index (χ4v) is 5.67. The van der Waals surface area contributed by atoms with Crippen LogP contribution in [0.1, 0.15) is 106 Å². The summed E-state index contributed by atoms with van der Waals surface area (Å²) in [4.78, 5) is 52.1. The Balaban J connectivity index is 3.07. The van der Waals surface area contributed by atoms with Crippen molar-refractivity contribution in [2.75, 3.05) is 26.4 Å². The van der Waals surface area contributed by atoms with Crippen molar-refractivity contribution in [3.05, 3.63) is 0 Å². The van der Waals surface area contributed by atoms with E-state index in [2.05, 4.69) is 0 Å². The Labute approximate surface area is 217 Å². The minimum atomic E-state index is -1.29. The second-order valence-corrected chi connectivity index (χ2v) is 9.84. The minimum Gasteiger partial charge on any atom is -0.465 e. The van der Waals surface area contributed by atoms with E-state index in [1.54, 1.807) is 27.7 Å². The van der Waals surface area contributed by atoms with E-state index >= 15 is 0 Å². The molecule has 1 rings (SSSR count). The molecule has 208 valence electrons. The molecule has 1 aliphatic rings. The van der Waals surface area contributed by atoms with Crippen molar-refractivity contribution < 1.29 is 38.1 Å². The van der Waals surface area contributed by atoms with Crippen LogP contribution in [0.2, 0.25) is 0 Å². The highest BCUT2D eigenvalue weighted by Crippen LogP contribution is 2.45. The molecule has 0 spiro atoms. The van der Waals surface area contributed by atoms with E-state index < -0.39 is 34.7 Å². The van der Waals surface area contributed by atoms with Crippen molar-refractivity contribution in [2.45, 2.75) is 106 Å². The third-order valence-electron chi connectivity index (χ3n) is 7.26. The standard InChI is InChI=1S/C28H48O8/c1-7-17-27(23(29)33-9-3,24(30)34-10-4)19-21-13-15-22(16-14-21)20-28(18-8-2,25(31)35-11-5)26(32)36-12-6/h21-22H,7-20H2,1-6H3. The number of hydrogen-bond donors (Lipinski definition) is 0. The molecule has 0 aromatic carbocycles. The zero-order chi connectivity index (χ0) is 27.2. The Morgan fingerprint density at radius 3 is 0.972 bits per heavy atom. The predicted octanol–water partition coefficient (Wildman–Crippen LogP) is 5.40. The second-order valence-electron chi connectivity index (χ2n) is 9.84. The van der Waals surface area contributed by atoms with Gasteiger partial charge in [-0.3, -0.25) is 19.2 Å². The fourth-order valence-electron chi connectivity index (χ4n) is 5.67. The first-order valence-corrected chi connectivity index (χ1v) is 13.9. The largest absolute Gasteiger partial charge is 0.465 e. The zero-order valence-corrected chi connectivity index (χ0v) is 23.3. The first-order valence-electron chi connectivity index (χ1n) is 13.9. The molecule has 0 aromatic heterocycles. The molecule has 36 heavy (non-hydrogen) atoms. The minimum absolute atomic E-state index is 0.146. The highest BCUT2D eigenvalue weighted by Gasteiger charge is 2.52. The van der Waals surface area contributed by atoms with Crippen LogP contribution < -0.4 is 0 Å². The zero-order valence-electron chi connectivity index (χ0n) is 23.3. The Morgan fingerprint density at radius 1 is 0.528 bits per heavy atom. The van der Waals surface area contributed by atoms with Gasteiger partial charge in [0.2, 0.25) is 0 Å². The Kier molecular flexibility index (Phi) is 14.1. The van der Waals surface area contributed by atoms with Crippen LogP contribution in [0.5, 0.6) is 0 Å². The van der Waals surface area contributed by atoms with Crippen LogP contribution in [0.25, 0.3) is 0 Å². The fraction of sp³-hybridized carbons (Fsp3) is 0.857. The van der Waals surface area contributed by atoms with E-state index in [-0.39, 0.29) is 38.3 Å². The number of esters is 4. The van der Waals surface area contributed by atoms with Gasteiger partial charge in [-0.1, -0.05) is 52.4 Å². The van der Waals surface area contributed by atoms with Crippen LogP contribution in [0.4, 0.5) is 0 Å². The first-order chi connectivity index (χ1) is 17.2. The molecule has 0 aromatic rings. The van der Waals surface area contributed by atoms with Crippen molar-refractivity contribution in [2.24, 2.45) is 22.7 Å². The summed E-state index contributed by atoms with van der Waals surface area (Å²) in [5.74, 6) is -1.71. The summed E-state index contributed by atoms with van der Waals surface area (Å²) >= 11 is 0. The van der Waals surface area contributed by atoms with Crippen LogP contribution in [-0.4, -0.2) is 50.3 Å². The smallest absolute Gasteiger partial charge is 0.323 e. The molecule has 0 atom stereocenters. The van der Waals surface area contributed by atoms with E-state index in [0.717, 1.165) is 25.7 Å². The lowest BCUT2D eigenvalue weighted by molar-refractivity contribution is -0.177. The van der Waals surface area contributed by atoms with Crippen LogP contribution >= 0.6 is 0 Å². The summed E-state index contributed by atoms with van der Waals surface area (Å²) in [5.41, 5.74) is -2.58. The molecule has 0 unspecified atom stereocenters. The molecule has 8 heteroatoms. The summed E-state index contributed by atoms with van der Waals surface area (Å²) < 4.78 is 21.4. The Bertz CT molecular complexity index is 612. The van der Waals surface area contributed by atoms with E-state index in [1.807, 2.05) is 13.8 Å². The summed E-state index contributed by atoms with van der Waals surface area (Å²) in [5, 5.41) is 0. The van der Waals surface area contributed by atoms with Crippen LogP contribution in [0.3, 0.4) is 0 Å². The number of hydrogen-bond acceptors (Lipinski definition) is 8. The lowest BCUT2D eigenvalue weighted by atomic mass is 9.67. The van der Waals surface area contributed by atoms with Gasteiger partial charge in [0.25, 0.3) is 0 Å². The molecule has 1 saturated carbocycles. The average Bonchev–Trinajstić information content (AvgIpc) is 2.85. The lowest BCUT2D eigenvalue weighted by Gasteiger charge is -2.38. The van der Waals surface area contributed by atoms with Crippen molar-refractivity contribution in [3.8, 4) is 0 Å². The molecule has 0 heterocycles. The summed E-state index contributed by atoms with van der Waals surface area (Å²) in [7, 11) is 0. The van der Waals surface area contributed by atoms with Gasteiger partial charge in [-0.2, -0.15) is 0 Å². The summed E-state index contributed by atoms with van der Waals surface area (Å²) in [6, 6.07) is 0. The first kappa shape index (κ1) is 31.9. The van der Waals surface area contributed by atoms with Gasteiger partial charge in [0, 0.05) is 0 Å². The van der Waals surface area contributed by atoms with Crippen molar-refractivity contribution in [1.82, 2.24) is 0 Å². The topological polar surface area (TPSA) is 105 Å². The number of rotatable bonds is 16. The number of carbonyl (C=O) groups excluding carboxylic acids is 4. The average molecular weight is 513 g/mol. The van der Waals surface area contributed by atoms with Gasteiger partial charge in [-0.15, -0.1) is 0 Å². The van der Waals surface area contributed by atoms with Gasteiger partial charge < -0.3 is 18.9 Å². The van der Waals surface area contributed by atoms with Crippen LogP contribution in [0.15, 0.2) is 0 Å². The SMILES string of the molecule is CCCC(CC1CCC(CC(CCC)(C(=O)OCC)C(=O)OCC)CC1)(C(=O)OCC)C(=O)OCC. The molecule has 0 amide bonds. The van der Waals surface area contributed by atoms with E-state index in [0.29, 0.717) is 38.5 Å². The van der Waals surface area contributed by atoms with E-state index in [1.165, 1.54) is 0 Å². The van der Waals surface area contributed by atoms with Gasteiger partial charge >= 0.3 is 23.9 Å². The third-order valence-corrected chi connectivity index (χ3v) is 7.26. The van der Waals surface area contributed by atoms with E-state index in [4.69, 9.17) is 18.9 Å². The highest BCUT2D eigenvalue weighted by atomic mass is 16.6. The summed E-state index contributed by atoms with van der Waals surface area (Å²) in [6.45, 7) is 11.7. The quantitative estimate of drug-likeness (QED) is 0.154. The monoisotopic (exact) mass is 512 g/mol. The molecular formula is C28H48O8. The molecular weight excluding hydrogens is 464 g/mol. The Morgan fingerprint density at radius 2 is 0.778 bits per heavy atom. The third kappa shape index (κ3) is 7.94. The maximum atomic E-state index is 13.0. The normalized spacial score (nSPS) is 18.3. The van der Waals surface area contributed by atoms with Crippen LogP contribution in [0, 0.1) is 22.7 Å². The predicted molar refractivity (Wildman–Crippen MR) is 136 cm³/mol.